The van der Waals surface area contributed by atoms with Gasteiger partial charge >= 0.3 is 0 Å². The molecule has 5 nitrogen and oxygen atoms in total. The second-order valence-electron chi connectivity index (χ2n) is 5.93. The van der Waals surface area contributed by atoms with E-state index in [-0.39, 0.29) is 17.0 Å². The van der Waals surface area contributed by atoms with Gasteiger partial charge in [-0.2, -0.15) is 4.31 Å². The van der Waals surface area contributed by atoms with Gasteiger partial charge in [-0.3, -0.25) is 4.79 Å². The van der Waals surface area contributed by atoms with Crippen LogP contribution < -0.4 is 5.56 Å². The average Bonchev–Trinajstić information content (AvgIpc) is 2.57. The maximum Gasteiger partial charge on any atom is 0.250 e. The quantitative estimate of drug-likeness (QED) is 0.835. The van der Waals surface area contributed by atoms with Crippen LogP contribution in [-0.2, 0) is 16.6 Å². The van der Waals surface area contributed by atoms with Crippen molar-refractivity contribution in [2.45, 2.75) is 30.7 Å². The van der Waals surface area contributed by atoms with Gasteiger partial charge in [0, 0.05) is 30.4 Å². The molecule has 1 fully saturated rings. The predicted molar refractivity (Wildman–Crippen MR) is 93.9 cm³/mol. The zero-order valence-electron chi connectivity index (χ0n) is 13.2. The Morgan fingerprint density at radius 2 is 1.79 bits per heavy atom. The summed E-state index contributed by atoms with van der Waals surface area (Å²) < 4.78 is 28.4. The summed E-state index contributed by atoms with van der Waals surface area (Å²) >= 11 is 5.97. The number of pyridine rings is 1. The van der Waals surface area contributed by atoms with E-state index in [2.05, 4.69) is 0 Å². The smallest absolute Gasteiger partial charge is 0.250 e. The highest BCUT2D eigenvalue weighted by Gasteiger charge is 2.26. The molecule has 0 bridgehead atoms. The molecule has 0 N–H and O–H groups in total. The van der Waals surface area contributed by atoms with Gasteiger partial charge in [-0.1, -0.05) is 30.2 Å². The zero-order valence-corrected chi connectivity index (χ0v) is 14.8. The second kappa shape index (κ2) is 7.09. The lowest BCUT2D eigenvalue weighted by Crippen LogP contribution is -2.36. The first-order valence-electron chi connectivity index (χ1n) is 7.92. The van der Waals surface area contributed by atoms with E-state index < -0.39 is 10.0 Å². The summed E-state index contributed by atoms with van der Waals surface area (Å²) in [5.74, 6) is 0. The average molecular weight is 367 g/mol. The van der Waals surface area contributed by atoms with Crippen LogP contribution in [0.1, 0.15) is 24.8 Å². The second-order valence-corrected chi connectivity index (χ2v) is 8.30. The van der Waals surface area contributed by atoms with Crippen LogP contribution >= 0.6 is 11.6 Å². The molecule has 7 heteroatoms. The van der Waals surface area contributed by atoms with Gasteiger partial charge in [0.15, 0.2) is 0 Å². The highest BCUT2D eigenvalue weighted by molar-refractivity contribution is 7.89. The number of aromatic nitrogens is 1. The summed E-state index contributed by atoms with van der Waals surface area (Å²) in [6.45, 7) is 1.36. The van der Waals surface area contributed by atoms with E-state index in [1.807, 2.05) is 6.07 Å². The number of hydrogen-bond donors (Lipinski definition) is 0. The van der Waals surface area contributed by atoms with Crippen molar-refractivity contribution in [1.29, 1.82) is 0 Å². The SMILES string of the molecule is O=c1ccc(S(=O)(=O)N2CCCCC2)cn1Cc1cccc(Cl)c1. The summed E-state index contributed by atoms with van der Waals surface area (Å²) in [5, 5.41) is 0.581. The fraction of sp³-hybridized carbons (Fsp3) is 0.353. The predicted octanol–water partition coefficient (Wildman–Crippen LogP) is 2.72. The molecule has 1 aliphatic rings. The molecule has 0 aliphatic carbocycles. The normalized spacial score (nSPS) is 16.2. The van der Waals surface area contributed by atoms with Crippen LogP contribution in [0.15, 0.2) is 52.3 Å². The molecular weight excluding hydrogens is 348 g/mol. The standard InChI is InChI=1S/C17H19ClN2O3S/c18-15-6-4-5-14(11-15)12-19-13-16(7-8-17(19)21)24(22,23)20-9-2-1-3-10-20/h4-8,11,13H,1-3,9-10,12H2. The molecule has 1 aromatic carbocycles. The lowest BCUT2D eigenvalue weighted by Gasteiger charge is -2.26. The molecule has 1 aliphatic heterocycles. The van der Waals surface area contributed by atoms with Crippen LogP contribution in [0.4, 0.5) is 0 Å². The largest absolute Gasteiger partial charge is 0.310 e. The number of hydrogen-bond acceptors (Lipinski definition) is 3. The zero-order chi connectivity index (χ0) is 17.2. The lowest BCUT2D eigenvalue weighted by atomic mass is 10.2. The van der Waals surface area contributed by atoms with Crippen LogP contribution in [0.2, 0.25) is 5.02 Å². The fourth-order valence-corrected chi connectivity index (χ4v) is 4.62. The van der Waals surface area contributed by atoms with Gasteiger partial charge < -0.3 is 4.57 Å². The minimum Gasteiger partial charge on any atom is -0.310 e. The molecule has 0 spiro atoms. The molecule has 1 aromatic heterocycles. The van der Waals surface area contributed by atoms with Crippen LogP contribution in [-0.4, -0.2) is 30.4 Å². The van der Waals surface area contributed by atoms with E-state index in [1.165, 1.54) is 27.2 Å². The van der Waals surface area contributed by atoms with Crippen molar-refractivity contribution < 1.29 is 8.42 Å². The van der Waals surface area contributed by atoms with E-state index in [4.69, 9.17) is 11.6 Å². The molecule has 2 heterocycles. The molecular formula is C17H19ClN2O3S. The lowest BCUT2D eigenvalue weighted by molar-refractivity contribution is 0.346. The Bertz CT molecular complexity index is 887. The molecule has 24 heavy (non-hydrogen) atoms. The molecule has 1 saturated heterocycles. The Balaban J connectivity index is 1.92. The van der Waals surface area contributed by atoms with Crippen LogP contribution in [0, 0.1) is 0 Å². The number of sulfonamides is 1. The van der Waals surface area contributed by atoms with Gasteiger partial charge in [0.1, 0.15) is 0 Å². The van der Waals surface area contributed by atoms with Crippen LogP contribution in [0.3, 0.4) is 0 Å². The third kappa shape index (κ3) is 3.71. The van der Waals surface area contributed by atoms with E-state index in [9.17, 15) is 13.2 Å². The van der Waals surface area contributed by atoms with E-state index in [0.717, 1.165) is 24.8 Å². The highest BCUT2D eigenvalue weighted by atomic mass is 35.5. The maximum atomic E-state index is 12.7. The number of nitrogens with zero attached hydrogens (tertiary/aromatic N) is 2. The number of halogens is 1. The van der Waals surface area contributed by atoms with Crippen molar-refractivity contribution in [3.63, 3.8) is 0 Å². The molecule has 128 valence electrons. The van der Waals surface area contributed by atoms with E-state index in [0.29, 0.717) is 18.1 Å². The summed E-state index contributed by atoms with van der Waals surface area (Å²) in [7, 11) is -3.55. The summed E-state index contributed by atoms with van der Waals surface area (Å²) in [6, 6.07) is 9.87. The number of rotatable bonds is 4. The minimum atomic E-state index is -3.55. The van der Waals surface area contributed by atoms with Crippen molar-refractivity contribution in [2.75, 3.05) is 13.1 Å². The van der Waals surface area contributed by atoms with E-state index in [1.54, 1.807) is 18.2 Å². The third-order valence-corrected chi connectivity index (χ3v) is 6.27. The summed E-state index contributed by atoms with van der Waals surface area (Å²) in [5.41, 5.74) is 0.602. The van der Waals surface area contributed by atoms with Gasteiger partial charge in [0.05, 0.1) is 11.4 Å². The van der Waals surface area contributed by atoms with Crippen molar-refractivity contribution in [2.24, 2.45) is 0 Å². The highest BCUT2D eigenvalue weighted by Crippen LogP contribution is 2.20. The molecule has 0 radical (unpaired) electrons. The number of benzene rings is 1. The third-order valence-electron chi connectivity index (χ3n) is 4.15. The van der Waals surface area contributed by atoms with Crippen molar-refractivity contribution in [3.05, 3.63) is 63.5 Å². The fourth-order valence-electron chi connectivity index (χ4n) is 2.87. The Morgan fingerprint density at radius 1 is 1.04 bits per heavy atom. The first-order valence-corrected chi connectivity index (χ1v) is 9.74. The maximum absolute atomic E-state index is 12.7. The Labute approximate surface area is 146 Å². The van der Waals surface area contributed by atoms with Gasteiger partial charge in [0.2, 0.25) is 10.0 Å². The first-order chi connectivity index (χ1) is 11.5. The molecule has 0 saturated carbocycles. The van der Waals surface area contributed by atoms with Gasteiger partial charge in [0.25, 0.3) is 5.56 Å². The van der Waals surface area contributed by atoms with Crippen LogP contribution in [0.25, 0.3) is 0 Å². The molecule has 0 unspecified atom stereocenters. The molecule has 0 atom stereocenters. The summed E-state index contributed by atoms with van der Waals surface area (Å²) in [4.78, 5) is 12.2. The topological polar surface area (TPSA) is 59.4 Å². The van der Waals surface area contributed by atoms with Gasteiger partial charge in [-0.05, 0) is 36.6 Å². The number of piperidine rings is 1. The monoisotopic (exact) mass is 366 g/mol. The Hall–Kier alpha value is -1.63. The Morgan fingerprint density at radius 3 is 2.50 bits per heavy atom. The first kappa shape index (κ1) is 17.2. The summed E-state index contributed by atoms with van der Waals surface area (Å²) in [6.07, 6.45) is 4.23. The Kier molecular flexibility index (Phi) is 5.08. The van der Waals surface area contributed by atoms with Gasteiger partial charge in [-0.15, -0.1) is 0 Å². The minimum absolute atomic E-state index is 0.158. The van der Waals surface area contributed by atoms with Crippen molar-refractivity contribution in [1.82, 2.24) is 8.87 Å². The molecule has 2 aromatic rings. The van der Waals surface area contributed by atoms with Crippen molar-refractivity contribution >= 4 is 21.6 Å². The molecule has 0 amide bonds. The van der Waals surface area contributed by atoms with Crippen molar-refractivity contribution in [3.8, 4) is 0 Å². The van der Waals surface area contributed by atoms with Crippen LogP contribution in [0.5, 0.6) is 0 Å². The molecule has 3 rings (SSSR count). The van der Waals surface area contributed by atoms with Gasteiger partial charge in [-0.25, -0.2) is 8.42 Å². The van der Waals surface area contributed by atoms with E-state index >= 15 is 0 Å².